The highest BCUT2D eigenvalue weighted by Crippen LogP contribution is 2.34. The number of piperidine rings is 1. The number of hydrogen-bond donors (Lipinski definition) is 2. The van der Waals surface area contributed by atoms with Crippen LogP contribution in [0.15, 0.2) is 54.7 Å². The summed E-state index contributed by atoms with van der Waals surface area (Å²) in [4.78, 5) is 18.3. The zero-order valence-electron chi connectivity index (χ0n) is 21.0. The van der Waals surface area contributed by atoms with E-state index in [-0.39, 0.29) is 18.3 Å². The van der Waals surface area contributed by atoms with Crippen molar-refractivity contribution in [1.82, 2.24) is 9.88 Å². The molecule has 2 heterocycles. The molecule has 188 valence electrons. The Morgan fingerprint density at radius 1 is 1.19 bits per heavy atom. The summed E-state index contributed by atoms with van der Waals surface area (Å²) in [6.07, 6.45) is 3.46. The number of aliphatic carboxylic acids is 1. The van der Waals surface area contributed by atoms with Gasteiger partial charge in [0.2, 0.25) is 0 Å². The molecule has 3 aromatic rings. The topological polar surface area (TPSA) is 82.9 Å². The zero-order valence-corrected chi connectivity index (χ0v) is 21.0. The molecule has 36 heavy (non-hydrogen) atoms. The largest absolute Gasteiger partial charge is 0.497 e. The summed E-state index contributed by atoms with van der Waals surface area (Å²) >= 11 is 0. The summed E-state index contributed by atoms with van der Waals surface area (Å²) in [5, 5.41) is 21.5. The molecule has 1 saturated heterocycles. The molecule has 0 radical (unpaired) electrons. The Morgan fingerprint density at radius 2 is 2.00 bits per heavy atom. The Kier molecular flexibility index (Phi) is 8.58. The van der Waals surface area contributed by atoms with Crippen LogP contribution in [0.3, 0.4) is 0 Å². The van der Waals surface area contributed by atoms with Gasteiger partial charge in [0.25, 0.3) is 0 Å². The number of pyridine rings is 1. The highest BCUT2D eigenvalue weighted by Gasteiger charge is 2.31. The average molecular weight is 487 g/mol. The summed E-state index contributed by atoms with van der Waals surface area (Å²) in [6.45, 7) is 4.28. The SMILES string of the molecule is COc1ccc2nccc([C@@H](O)CC[C@@H]3CCN(CC#Cc4ccc(C)cc4)C[C@@H]3CC(=O)O)c2c1. The number of hydrogen-bond acceptors (Lipinski definition) is 5. The first-order chi connectivity index (χ1) is 17.4. The lowest BCUT2D eigenvalue weighted by Crippen LogP contribution is -2.41. The molecule has 1 aliphatic heterocycles. The maximum atomic E-state index is 11.6. The molecule has 0 spiro atoms. The average Bonchev–Trinajstić information content (AvgIpc) is 2.88. The maximum absolute atomic E-state index is 11.6. The highest BCUT2D eigenvalue weighted by molar-refractivity contribution is 5.83. The Bertz CT molecular complexity index is 1250. The second-order valence-electron chi connectivity index (χ2n) is 9.69. The highest BCUT2D eigenvalue weighted by atomic mass is 16.5. The lowest BCUT2D eigenvalue weighted by molar-refractivity contribution is -0.139. The van der Waals surface area contributed by atoms with Gasteiger partial charge in [-0.15, -0.1) is 0 Å². The van der Waals surface area contributed by atoms with Crippen LogP contribution in [0.2, 0.25) is 0 Å². The fourth-order valence-corrected chi connectivity index (χ4v) is 5.12. The molecule has 1 fully saturated rings. The van der Waals surface area contributed by atoms with Crippen LogP contribution in [0.1, 0.15) is 48.5 Å². The number of aromatic nitrogens is 1. The van der Waals surface area contributed by atoms with E-state index < -0.39 is 12.1 Å². The molecular weight excluding hydrogens is 452 g/mol. The number of ether oxygens (including phenoxy) is 1. The number of carboxylic acid groups (broad SMARTS) is 1. The van der Waals surface area contributed by atoms with Crippen LogP contribution in [0.25, 0.3) is 10.9 Å². The van der Waals surface area contributed by atoms with Crippen molar-refractivity contribution in [3.05, 3.63) is 71.4 Å². The van der Waals surface area contributed by atoms with E-state index >= 15 is 0 Å². The summed E-state index contributed by atoms with van der Waals surface area (Å²) in [5.74, 6) is 6.70. The number of carbonyl (C=O) groups is 1. The van der Waals surface area contributed by atoms with Gasteiger partial charge in [-0.1, -0.05) is 29.5 Å². The van der Waals surface area contributed by atoms with Crippen molar-refractivity contribution in [2.45, 2.75) is 38.7 Å². The minimum atomic E-state index is -0.773. The van der Waals surface area contributed by atoms with Crippen molar-refractivity contribution in [3.63, 3.8) is 0 Å². The molecule has 0 unspecified atom stereocenters. The first-order valence-electron chi connectivity index (χ1n) is 12.5. The first-order valence-corrected chi connectivity index (χ1v) is 12.5. The second-order valence-corrected chi connectivity index (χ2v) is 9.69. The summed E-state index contributed by atoms with van der Waals surface area (Å²) in [7, 11) is 1.62. The van der Waals surface area contributed by atoms with Gasteiger partial charge in [0.1, 0.15) is 5.75 Å². The second kappa shape index (κ2) is 12.0. The Labute approximate surface area is 212 Å². The van der Waals surface area contributed by atoms with Gasteiger partial charge in [-0.25, -0.2) is 0 Å². The molecule has 0 saturated carbocycles. The smallest absolute Gasteiger partial charge is 0.303 e. The van der Waals surface area contributed by atoms with Gasteiger partial charge >= 0.3 is 5.97 Å². The van der Waals surface area contributed by atoms with E-state index in [1.165, 1.54) is 5.56 Å². The van der Waals surface area contributed by atoms with Crippen LogP contribution < -0.4 is 4.74 Å². The predicted octanol–water partition coefficient (Wildman–Crippen LogP) is 4.83. The number of benzene rings is 2. The fourth-order valence-electron chi connectivity index (χ4n) is 5.12. The van der Waals surface area contributed by atoms with Gasteiger partial charge in [-0.2, -0.15) is 0 Å². The molecule has 4 rings (SSSR count). The van der Waals surface area contributed by atoms with Crippen molar-refractivity contribution in [1.29, 1.82) is 0 Å². The number of methoxy groups -OCH3 is 1. The number of aliphatic hydroxyl groups is 1. The molecule has 0 amide bonds. The van der Waals surface area contributed by atoms with Crippen molar-refractivity contribution in [3.8, 4) is 17.6 Å². The normalized spacial score (nSPS) is 18.9. The van der Waals surface area contributed by atoms with Crippen molar-refractivity contribution in [2.75, 3.05) is 26.7 Å². The number of aliphatic hydroxyl groups excluding tert-OH is 1. The van der Waals surface area contributed by atoms with Crippen molar-refractivity contribution < 1.29 is 19.7 Å². The number of nitrogens with zero attached hydrogens (tertiary/aromatic N) is 2. The van der Waals surface area contributed by atoms with Crippen LogP contribution >= 0.6 is 0 Å². The molecule has 1 aromatic heterocycles. The van der Waals surface area contributed by atoms with Gasteiger partial charge in [-0.3, -0.25) is 14.7 Å². The van der Waals surface area contributed by atoms with Gasteiger partial charge < -0.3 is 14.9 Å². The van der Waals surface area contributed by atoms with Gasteiger partial charge in [0.15, 0.2) is 0 Å². The van der Waals surface area contributed by atoms with E-state index in [1.807, 2.05) is 36.4 Å². The Hall–Kier alpha value is -3.40. The standard InChI is InChI=1S/C30H34N2O4/c1-21-5-7-22(8-6-21)4-3-16-32-17-14-23(24(20-32)18-30(34)35)9-12-29(33)26-13-15-31-28-11-10-25(36-2)19-27(26)28/h5-8,10-11,13,15,19,23-24,29,33H,9,12,14,16-18,20H2,1-2H3,(H,34,35)/t23-,24+,29+/m1/s1. The minimum Gasteiger partial charge on any atom is -0.497 e. The summed E-state index contributed by atoms with van der Waals surface area (Å²) in [5.41, 5.74) is 3.85. The van der Waals surface area contributed by atoms with Crippen LogP contribution in [-0.2, 0) is 4.79 Å². The molecule has 0 bridgehead atoms. The predicted molar refractivity (Wildman–Crippen MR) is 141 cm³/mol. The third-order valence-corrected chi connectivity index (χ3v) is 7.15. The summed E-state index contributed by atoms with van der Waals surface area (Å²) in [6, 6.07) is 15.7. The van der Waals surface area contributed by atoms with E-state index in [1.54, 1.807) is 13.3 Å². The zero-order chi connectivity index (χ0) is 25.5. The van der Waals surface area contributed by atoms with Crippen LogP contribution in [0, 0.1) is 30.6 Å². The van der Waals surface area contributed by atoms with Gasteiger partial charge in [-0.05, 0) is 86.5 Å². The fraction of sp³-hybridized carbons (Fsp3) is 0.400. The lowest BCUT2D eigenvalue weighted by Gasteiger charge is -2.37. The van der Waals surface area contributed by atoms with E-state index in [0.717, 1.165) is 47.2 Å². The number of fused-ring (bicyclic) bond motifs is 1. The minimum absolute atomic E-state index is 0.0407. The van der Waals surface area contributed by atoms with Crippen LogP contribution in [0.5, 0.6) is 5.75 Å². The monoisotopic (exact) mass is 486 g/mol. The van der Waals surface area contributed by atoms with Crippen molar-refractivity contribution >= 4 is 16.9 Å². The van der Waals surface area contributed by atoms with E-state index in [4.69, 9.17) is 4.74 Å². The molecule has 1 aliphatic rings. The molecule has 6 heteroatoms. The maximum Gasteiger partial charge on any atom is 0.303 e. The summed E-state index contributed by atoms with van der Waals surface area (Å²) < 4.78 is 5.35. The van der Waals surface area contributed by atoms with E-state index in [9.17, 15) is 15.0 Å². The Balaban J connectivity index is 1.38. The number of likely N-dealkylation sites (tertiary alicyclic amines) is 1. The third-order valence-electron chi connectivity index (χ3n) is 7.15. The molecule has 3 atom stereocenters. The Morgan fingerprint density at radius 3 is 2.75 bits per heavy atom. The van der Waals surface area contributed by atoms with Crippen LogP contribution in [-0.4, -0.2) is 52.8 Å². The van der Waals surface area contributed by atoms with Gasteiger partial charge in [0.05, 0.1) is 25.3 Å². The van der Waals surface area contributed by atoms with E-state index in [2.05, 4.69) is 40.8 Å². The molecule has 0 aliphatic carbocycles. The number of rotatable bonds is 8. The number of carboxylic acids is 1. The lowest BCUT2D eigenvalue weighted by atomic mass is 9.79. The van der Waals surface area contributed by atoms with Gasteiger partial charge in [0, 0.05) is 30.1 Å². The molecule has 2 aromatic carbocycles. The molecule has 6 nitrogen and oxygen atoms in total. The number of aryl methyl sites for hydroxylation is 1. The molecular formula is C30H34N2O4. The van der Waals surface area contributed by atoms with Crippen molar-refractivity contribution in [2.24, 2.45) is 11.8 Å². The van der Waals surface area contributed by atoms with E-state index in [0.29, 0.717) is 19.5 Å². The van der Waals surface area contributed by atoms with Crippen LogP contribution in [0.4, 0.5) is 0 Å². The first kappa shape index (κ1) is 25.7. The quantitative estimate of drug-likeness (QED) is 0.444. The molecule has 2 N–H and O–H groups in total. The third kappa shape index (κ3) is 6.63.